The van der Waals surface area contributed by atoms with Crippen LogP contribution in [0.15, 0.2) is 40.2 Å². The molecule has 0 aliphatic heterocycles. The SMILES string of the molecule is COc1ccc(C=Nn2nnc3c(sc4nc(C)cc(C)c43)c2=O)cc1. The lowest BCUT2D eigenvalue weighted by atomic mass is 10.1. The van der Waals surface area contributed by atoms with Gasteiger partial charge in [-0.1, -0.05) is 4.79 Å². The van der Waals surface area contributed by atoms with Crippen molar-refractivity contribution in [1.29, 1.82) is 0 Å². The number of thiophene rings is 1. The van der Waals surface area contributed by atoms with E-state index in [2.05, 4.69) is 20.4 Å². The molecule has 8 heteroatoms. The van der Waals surface area contributed by atoms with Gasteiger partial charge in [0.2, 0.25) is 0 Å². The van der Waals surface area contributed by atoms with E-state index in [4.69, 9.17) is 4.74 Å². The zero-order chi connectivity index (χ0) is 18.3. The van der Waals surface area contributed by atoms with Crippen molar-refractivity contribution < 1.29 is 4.74 Å². The monoisotopic (exact) mass is 365 g/mol. The quantitative estimate of drug-likeness (QED) is 0.521. The van der Waals surface area contributed by atoms with Gasteiger partial charge in [0.05, 0.1) is 13.3 Å². The minimum atomic E-state index is -0.306. The van der Waals surface area contributed by atoms with E-state index in [1.165, 1.54) is 11.3 Å². The maximum atomic E-state index is 12.7. The highest BCUT2D eigenvalue weighted by Gasteiger charge is 2.15. The fourth-order valence-corrected chi connectivity index (χ4v) is 3.92. The molecule has 0 amide bonds. The Morgan fingerprint density at radius 1 is 1.23 bits per heavy atom. The van der Waals surface area contributed by atoms with Gasteiger partial charge in [-0.15, -0.1) is 16.4 Å². The largest absolute Gasteiger partial charge is 0.497 e. The molecular formula is C18H15N5O2S. The van der Waals surface area contributed by atoms with Gasteiger partial charge in [-0.2, -0.15) is 5.10 Å². The second kappa shape index (κ2) is 6.30. The van der Waals surface area contributed by atoms with E-state index < -0.39 is 0 Å². The molecule has 7 nitrogen and oxygen atoms in total. The van der Waals surface area contributed by atoms with E-state index in [0.717, 1.165) is 37.6 Å². The highest BCUT2D eigenvalue weighted by molar-refractivity contribution is 7.25. The first-order valence-electron chi connectivity index (χ1n) is 7.91. The summed E-state index contributed by atoms with van der Waals surface area (Å²) in [6.45, 7) is 3.91. The number of rotatable bonds is 3. The number of hydrogen-bond donors (Lipinski definition) is 0. The van der Waals surface area contributed by atoms with Gasteiger partial charge in [-0.25, -0.2) is 4.98 Å². The van der Waals surface area contributed by atoms with Crippen molar-refractivity contribution in [3.05, 3.63) is 57.5 Å². The first-order valence-corrected chi connectivity index (χ1v) is 8.73. The number of methoxy groups -OCH3 is 1. The van der Waals surface area contributed by atoms with Gasteiger partial charge >= 0.3 is 5.56 Å². The second-order valence-corrected chi connectivity index (χ2v) is 6.84. The van der Waals surface area contributed by atoms with Crippen molar-refractivity contribution >= 4 is 38.0 Å². The molecule has 26 heavy (non-hydrogen) atoms. The van der Waals surface area contributed by atoms with Crippen LogP contribution in [0.2, 0.25) is 0 Å². The van der Waals surface area contributed by atoms with E-state index in [0.29, 0.717) is 10.2 Å². The van der Waals surface area contributed by atoms with Crippen molar-refractivity contribution in [3.63, 3.8) is 0 Å². The molecule has 0 aliphatic rings. The van der Waals surface area contributed by atoms with Gasteiger partial charge in [-0.3, -0.25) is 4.79 Å². The van der Waals surface area contributed by atoms with Crippen LogP contribution in [0.1, 0.15) is 16.8 Å². The molecule has 0 bridgehead atoms. The molecule has 0 unspecified atom stereocenters. The van der Waals surface area contributed by atoms with Crippen LogP contribution in [-0.2, 0) is 0 Å². The number of hydrogen-bond acceptors (Lipinski definition) is 7. The van der Waals surface area contributed by atoms with Crippen LogP contribution in [0.3, 0.4) is 0 Å². The molecule has 0 fully saturated rings. The molecule has 3 aromatic heterocycles. The van der Waals surface area contributed by atoms with Crippen LogP contribution in [0.4, 0.5) is 0 Å². The summed E-state index contributed by atoms with van der Waals surface area (Å²) in [4.78, 5) is 19.0. The number of nitrogens with zero attached hydrogens (tertiary/aromatic N) is 5. The minimum Gasteiger partial charge on any atom is -0.497 e. The third-order valence-corrected chi connectivity index (χ3v) is 5.06. The van der Waals surface area contributed by atoms with E-state index >= 15 is 0 Å². The highest BCUT2D eigenvalue weighted by Crippen LogP contribution is 2.31. The smallest absolute Gasteiger partial charge is 0.309 e. The van der Waals surface area contributed by atoms with Gasteiger partial charge in [-0.05, 0) is 60.5 Å². The Labute approximate surface area is 152 Å². The number of ether oxygens (including phenoxy) is 1. The Balaban J connectivity index is 1.80. The van der Waals surface area contributed by atoms with Crippen LogP contribution in [-0.4, -0.2) is 33.4 Å². The Morgan fingerprint density at radius 3 is 2.73 bits per heavy atom. The summed E-state index contributed by atoms with van der Waals surface area (Å²) in [5, 5.41) is 13.2. The third kappa shape index (κ3) is 2.74. The lowest BCUT2D eigenvalue weighted by Gasteiger charge is -1.99. The summed E-state index contributed by atoms with van der Waals surface area (Å²) in [6.07, 6.45) is 1.56. The number of fused-ring (bicyclic) bond motifs is 3. The van der Waals surface area contributed by atoms with Crippen molar-refractivity contribution in [2.24, 2.45) is 5.10 Å². The number of aryl methyl sites for hydroxylation is 2. The van der Waals surface area contributed by atoms with Crippen molar-refractivity contribution in [1.82, 2.24) is 20.1 Å². The van der Waals surface area contributed by atoms with Crippen molar-refractivity contribution in [2.45, 2.75) is 13.8 Å². The van der Waals surface area contributed by atoms with Gasteiger partial charge < -0.3 is 4.74 Å². The lowest BCUT2D eigenvalue weighted by molar-refractivity contribution is 0.415. The standard InChI is InChI=1S/C18H15N5O2S/c1-10-8-11(2)20-17-14(10)15-16(26-17)18(24)23(22-21-15)19-9-12-4-6-13(25-3)7-5-12/h4-9H,1-3H3. The summed E-state index contributed by atoms with van der Waals surface area (Å²) >= 11 is 1.32. The Morgan fingerprint density at radius 2 is 2.00 bits per heavy atom. The first-order chi connectivity index (χ1) is 12.6. The molecule has 0 N–H and O–H groups in total. The zero-order valence-electron chi connectivity index (χ0n) is 14.4. The molecule has 4 aromatic rings. The molecule has 130 valence electrons. The van der Waals surface area contributed by atoms with Gasteiger partial charge in [0.15, 0.2) is 0 Å². The average molecular weight is 365 g/mol. The first kappa shape index (κ1) is 16.3. The van der Waals surface area contributed by atoms with Gasteiger partial charge in [0, 0.05) is 11.1 Å². The molecule has 1 aromatic carbocycles. The number of benzene rings is 1. The summed E-state index contributed by atoms with van der Waals surface area (Å²) in [6, 6.07) is 9.30. The van der Waals surface area contributed by atoms with Crippen LogP contribution in [0.25, 0.3) is 20.4 Å². The second-order valence-electron chi connectivity index (χ2n) is 5.84. The lowest BCUT2D eigenvalue weighted by Crippen LogP contribution is -2.19. The van der Waals surface area contributed by atoms with Crippen LogP contribution in [0, 0.1) is 13.8 Å². The van der Waals surface area contributed by atoms with E-state index in [1.54, 1.807) is 13.3 Å². The average Bonchev–Trinajstić information content (AvgIpc) is 3.01. The topological polar surface area (TPSA) is 82.3 Å². The number of pyridine rings is 1. The molecule has 0 radical (unpaired) electrons. The molecule has 0 atom stereocenters. The Bertz CT molecular complexity index is 1210. The van der Waals surface area contributed by atoms with Crippen LogP contribution >= 0.6 is 11.3 Å². The fourth-order valence-electron chi connectivity index (χ4n) is 2.77. The number of aromatic nitrogens is 4. The molecule has 0 saturated heterocycles. The van der Waals surface area contributed by atoms with Gasteiger partial charge in [0.25, 0.3) is 0 Å². The predicted octanol–water partition coefficient (Wildman–Crippen LogP) is 2.91. The van der Waals surface area contributed by atoms with E-state index in [1.807, 2.05) is 44.2 Å². The Kier molecular flexibility index (Phi) is 3.96. The summed E-state index contributed by atoms with van der Waals surface area (Å²) in [5.41, 5.74) is 3.04. The maximum absolute atomic E-state index is 12.7. The van der Waals surface area contributed by atoms with E-state index in [9.17, 15) is 4.79 Å². The maximum Gasteiger partial charge on any atom is 0.309 e. The summed E-state index contributed by atoms with van der Waals surface area (Å²) < 4.78 is 5.62. The molecule has 0 spiro atoms. The molecule has 0 saturated carbocycles. The normalized spacial score (nSPS) is 11.7. The summed E-state index contributed by atoms with van der Waals surface area (Å²) in [5.74, 6) is 0.754. The fraction of sp³-hybridized carbons (Fsp3) is 0.167. The predicted molar refractivity (Wildman–Crippen MR) is 102 cm³/mol. The molecule has 3 heterocycles. The van der Waals surface area contributed by atoms with Crippen LogP contribution in [0.5, 0.6) is 5.75 Å². The highest BCUT2D eigenvalue weighted by atomic mass is 32.1. The van der Waals surface area contributed by atoms with Crippen molar-refractivity contribution in [2.75, 3.05) is 7.11 Å². The molecular weight excluding hydrogens is 350 g/mol. The zero-order valence-corrected chi connectivity index (χ0v) is 15.2. The Hall–Kier alpha value is -3.13. The van der Waals surface area contributed by atoms with Crippen LogP contribution < -0.4 is 10.3 Å². The minimum absolute atomic E-state index is 0.306. The molecule has 0 aliphatic carbocycles. The van der Waals surface area contributed by atoms with Gasteiger partial charge in [0.1, 0.15) is 20.8 Å². The third-order valence-electron chi connectivity index (χ3n) is 4.00. The summed E-state index contributed by atoms with van der Waals surface area (Å²) in [7, 11) is 1.61. The van der Waals surface area contributed by atoms with E-state index in [-0.39, 0.29) is 5.56 Å². The molecule has 4 rings (SSSR count). The van der Waals surface area contributed by atoms with Crippen molar-refractivity contribution in [3.8, 4) is 5.75 Å².